The van der Waals surface area contributed by atoms with E-state index in [1.807, 2.05) is 0 Å². The van der Waals surface area contributed by atoms with Crippen molar-refractivity contribution in [1.29, 1.82) is 0 Å². The lowest BCUT2D eigenvalue weighted by molar-refractivity contribution is -0.137. The molecule has 2 amide bonds. The molecule has 0 atom stereocenters. The van der Waals surface area contributed by atoms with Crippen LogP contribution >= 0.6 is 0 Å². The standard InChI is InChI=1S/C19H20F3N3O3/c1-25(2)18(27)12-28-14-7-5-6-13(10-14)23-11-17(26)24-16-9-4-3-8-15(16)19(20,21)22/h3-10,23H,11-12H2,1-2H3,(H,24,26). The van der Waals surface area contributed by atoms with E-state index in [1.54, 1.807) is 38.4 Å². The van der Waals surface area contributed by atoms with E-state index in [0.717, 1.165) is 6.07 Å². The molecule has 0 aromatic heterocycles. The van der Waals surface area contributed by atoms with Crippen molar-refractivity contribution in [3.05, 3.63) is 54.1 Å². The van der Waals surface area contributed by atoms with Gasteiger partial charge in [0.1, 0.15) is 5.75 Å². The lowest BCUT2D eigenvalue weighted by Gasteiger charge is -2.14. The molecule has 0 aliphatic rings. The third kappa shape index (κ3) is 6.19. The molecule has 0 aliphatic heterocycles. The second kappa shape index (κ2) is 9.12. The van der Waals surface area contributed by atoms with Crippen LogP contribution < -0.4 is 15.4 Å². The van der Waals surface area contributed by atoms with E-state index in [0.29, 0.717) is 11.4 Å². The van der Waals surface area contributed by atoms with Crippen molar-refractivity contribution in [2.75, 3.05) is 37.9 Å². The zero-order chi connectivity index (χ0) is 20.7. The van der Waals surface area contributed by atoms with Gasteiger partial charge in [-0.2, -0.15) is 13.2 Å². The van der Waals surface area contributed by atoms with Crippen LogP contribution in [-0.4, -0.2) is 44.0 Å². The van der Waals surface area contributed by atoms with Gasteiger partial charge < -0.3 is 20.3 Å². The molecular weight excluding hydrogens is 375 g/mol. The lowest BCUT2D eigenvalue weighted by Crippen LogP contribution is -2.27. The minimum atomic E-state index is -4.56. The van der Waals surface area contributed by atoms with E-state index in [1.165, 1.54) is 23.1 Å². The molecule has 0 aliphatic carbocycles. The van der Waals surface area contributed by atoms with Gasteiger partial charge in [0.25, 0.3) is 5.91 Å². The Balaban J connectivity index is 1.93. The van der Waals surface area contributed by atoms with Gasteiger partial charge in [-0.3, -0.25) is 9.59 Å². The van der Waals surface area contributed by atoms with Crippen LogP contribution in [0.4, 0.5) is 24.5 Å². The molecule has 0 unspecified atom stereocenters. The summed E-state index contributed by atoms with van der Waals surface area (Å²) in [5.74, 6) is -0.421. The van der Waals surface area contributed by atoms with Crippen molar-refractivity contribution in [1.82, 2.24) is 4.90 Å². The van der Waals surface area contributed by atoms with Gasteiger partial charge in [0, 0.05) is 25.8 Å². The highest BCUT2D eigenvalue weighted by atomic mass is 19.4. The molecule has 150 valence electrons. The first kappa shape index (κ1) is 21.1. The van der Waals surface area contributed by atoms with Gasteiger partial charge in [-0.15, -0.1) is 0 Å². The van der Waals surface area contributed by atoms with Gasteiger partial charge in [-0.05, 0) is 24.3 Å². The molecule has 0 fully saturated rings. The smallest absolute Gasteiger partial charge is 0.418 e. The van der Waals surface area contributed by atoms with E-state index in [9.17, 15) is 22.8 Å². The predicted octanol–water partition coefficient (Wildman–Crippen LogP) is 3.22. The van der Waals surface area contributed by atoms with E-state index in [2.05, 4.69) is 10.6 Å². The maximum absolute atomic E-state index is 13.0. The summed E-state index contributed by atoms with van der Waals surface area (Å²) >= 11 is 0. The third-order valence-corrected chi connectivity index (χ3v) is 3.65. The number of benzene rings is 2. The first-order chi connectivity index (χ1) is 13.2. The quantitative estimate of drug-likeness (QED) is 0.755. The summed E-state index contributed by atoms with van der Waals surface area (Å²) in [5.41, 5.74) is -0.695. The molecule has 0 radical (unpaired) electrons. The van der Waals surface area contributed by atoms with Gasteiger partial charge in [0.05, 0.1) is 17.8 Å². The van der Waals surface area contributed by atoms with Gasteiger partial charge >= 0.3 is 6.18 Å². The normalized spacial score (nSPS) is 10.9. The average molecular weight is 395 g/mol. The minimum Gasteiger partial charge on any atom is -0.484 e. The lowest BCUT2D eigenvalue weighted by atomic mass is 10.1. The number of ether oxygens (including phenoxy) is 1. The van der Waals surface area contributed by atoms with Gasteiger partial charge in [-0.1, -0.05) is 18.2 Å². The number of alkyl halides is 3. The number of carbonyl (C=O) groups excluding carboxylic acids is 2. The van der Waals surface area contributed by atoms with Crippen molar-refractivity contribution in [3.8, 4) is 5.75 Å². The SMILES string of the molecule is CN(C)C(=O)COc1cccc(NCC(=O)Nc2ccccc2C(F)(F)F)c1. The highest BCUT2D eigenvalue weighted by Gasteiger charge is 2.33. The van der Waals surface area contributed by atoms with Crippen molar-refractivity contribution < 1.29 is 27.5 Å². The average Bonchev–Trinajstić information content (AvgIpc) is 2.64. The van der Waals surface area contributed by atoms with E-state index in [-0.39, 0.29) is 24.7 Å². The molecule has 28 heavy (non-hydrogen) atoms. The number of carbonyl (C=O) groups is 2. The van der Waals surface area contributed by atoms with Crippen LogP contribution in [0.25, 0.3) is 0 Å². The van der Waals surface area contributed by atoms with Crippen LogP contribution in [0.5, 0.6) is 5.75 Å². The number of halogens is 3. The molecule has 2 aromatic rings. The molecule has 0 bridgehead atoms. The summed E-state index contributed by atoms with van der Waals surface area (Å²) in [7, 11) is 3.22. The van der Waals surface area contributed by atoms with Crippen LogP contribution in [-0.2, 0) is 15.8 Å². The number of hydrogen-bond acceptors (Lipinski definition) is 4. The molecule has 2 aromatic carbocycles. The van der Waals surface area contributed by atoms with Crippen molar-refractivity contribution in [2.24, 2.45) is 0 Å². The predicted molar refractivity (Wildman–Crippen MR) is 99.2 cm³/mol. The second-order valence-electron chi connectivity index (χ2n) is 6.05. The van der Waals surface area contributed by atoms with Crippen molar-refractivity contribution in [3.63, 3.8) is 0 Å². The Bertz CT molecular complexity index is 838. The molecule has 0 saturated carbocycles. The number of likely N-dealkylation sites (N-methyl/N-ethyl adjacent to an activating group) is 1. The first-order valence-corrected chi connectivity index (χ1v) is 8.30. The molecule has 0 saturated heterocycles. The number of hydrogen-bond donors (Lipinski definition) is 2. The van der Waals surface area contributed by atoms with Crippen LogP contribution in [0.1, 0.15) is 5.56 Å². The molecular formula is C19H20F3N3O3. The Morgan fingerprint density at radius 2 is 1.79 bits per heavy atom. The Labute approximate surface area is 160 Å². The van der Waals surface area contributed by atoms with Crippen LogP contribution in [0, 0.1) is 0 Å². The third-order valence-electron chi connectivity index (χ3n) is 3.65. The minimum absolute atomic E-state index is 0.134. The molecule has 6 nitrogen and oxygen atoms in total. The molecule has 0 heterocycles. The number of rotatable bonds is 7. The summed E-state index contributed by atoms with van der Waals surface area (Å²) < 4.78 is 44.3. The number of nitrogens with one attached hydrogen (secondary N) is 2. The molecule has 9 heteroatoms. The fraction of sp³-hybridized carbons (Fsp3) is 0.263. The van der Waals surface area contributed by atoms with Gasteiger partial charge in [0.15, 0.2) is 6.61 Å². The van der Waals surface area contributed by atoms with Gasteiger partial charge in [-0.25, -0.2) is 0 Å². The summed E-state index contributed by atoms with van der Waals surface area (Å²) in [6.07, 6.45) is -4.56. The highest BCUT2D eigenvalue weighted by molar-refractivity contribution is 5.94. The largest absolute Gasteiger partial charge is 0.484 e. The van der Waals surface area contributed by atoms with E-state index >= 15 is 0 Å². The van der Waals surface area contributed by atoms with Crippen molar-refractivity contribution in [2.45, 2.75) is 6.18 Å². The summed E-state index contributed by atoms with van der Waals surface area (Å²) in [6.45, 7) is -0.378. The molecule has 2 rings (SSSR count). The first-order valence-electron chi connectivity index (χ1n) is 8.30. The topological polar surface area (TPSA) is 70.7 Å². The maximum Gasteiger partial charge on any atom is 0.418 e. The van der Waals surface area contributed by atoms with Crippen LogP contribution in [0.3, 0.4) is 0 Å². The van der Waals surface area contributed by atoms with E-state index in [4.69, 9.17) is 4.74 Å². The summed E-state index contributed by atoms with van der Waals surface area (Å²) in [6, 6.07) is 11.3. The molecule has 2 N–H and O–H groups in total. The van der Waals surface area contributed by atoms with Crippen molar-refractivity contribution >= 4 is 23.2 Å². The zero-order valence-electron chi connectivity index (χ0n) is 15.3. The summed E-state index contributed by atoms with van der Waals surface area (Å²) in [5, 5.41) is 5.06. The van der Waals surface area contributed by atoms with Gasteiger partial charge in [0.2, 0.25) is 5.91 Å². The Morgan fingerprint density at radius 3 is 2.46 bits per heavy atom. The fourth-order valence-corrected chi connectivity index (χ4v) is 2.19. The van der Waals surface area contributed by atoms with E-state index < -0.39 is 17.6 Å². The Kier molecular flexibility index (Phi) is 6.86. The van der Waals surface area contributed by atoms with Crippen LogP contribution in [0.15, 0.2) is 48.5 Å². The Hall–Kier alpha value is -3.23. The monoisotopic (exact) mass is 395 g/mol. The number of anilines is 2. The second-order valence-corrected chi connectivity index (χ2v) is 6.05. The summed E-state index contributed by atoms with van der Waals surface area (Å²) in [4.78, 5) is 25.0. The van der Waals surface area contributed by atoms with Crippen LogP contribution in [0.2, 0.25) is 0 Å². The number of para-hydroxylation sites is 1. The maximum atomic E-state index is 13.0. The zero-order valence-corrected chi connectivity index (χ0v) is 15.3. The Morgan fingerprint density at radius 1 is 1.07 bits per heavy atom. The molecule has 0 spiro atoms. The number of nitrogens with zero attached hydrogens (tertiary/aromatic N) is 1. The highest BCUT2D eigenvalue weighted by Crippen LogP contribution is 2.34. The fourth-order valence-electron chi connectivity index (χ4n) is 2.19. The number of amides is 2.